The molecule has 7 heteroatoms. The van der Waals surface area contributed by atoms with Gasteiger partial charge in [-0.3, -0.25) is 9.88 Å². The Hall–Kier alpha value is -2.31. The van der Waals surface area contributed by atoms with E-state index in [0.29, 0.717) is 23.9 Å². The van der Waals surface area contributed by atoms with Gasteiger partial charge in [-0.25, -0.2) is 4.79 Å². The molecule has 1 aliphatic heterocycles. The van der Waals surface area contributed by atoms with Crippen molar-refractivity contribution in [3.05, 3.63) is 59.4 Å². The van der Waals surface area contributed by atoms with Crippen LogP contribution >= 0.6 is 11.6 Å². The van der Waals surface area contributed by atoms with Crippen molar-refractivity contribution >= 4 is 17.7 Å². The first-order valence-corrected chi connectivity index (χ1v) is 8.89. The van der Waals surface area contributed by atoms with E-state index in [1.807, 2.05) is 31.3 Å². The topological polar surface area (TPSA) is 54.9 Å². The molecule has 0 saturated carbocycles. The Balaban J connectivity index is 1.57. The van der Waals surface area contributed by atoms with Crippen molar-refractivity contribution in [2.75, 3.05) is 33.3 Å². The quantitative estimate of drug-likeness (QED) is 0.803. The van der Waals surface area contributed by atoms with Crippen LogP contribution in [-0.2, 0) is 11.3 Å². The molecular weight excluding hydrogens is 354 g/mol. The Morgan fingerprint density at radius 3 is 2.81 bits per heavy atom. The van der Waals surface area contributed by atoms with Crippen molar-refractivity contribution in [1.29, 1.82) is 0 Å². The zero-order valence-electron chi connectivity index (χ0n) is 14.7. The van der Waals surface area contributed by atoms with Crippen molar-refractivity contribution in [2.24, 2.45) is 0 Å². The van der Waals surface area contributed by atoms with Gasteiger partial charge in [0.2, 0.25) is 0 Å². The molecule has 0 aliphatic carbocycles. The average Bonchev–Trinajstić information content (AvgIpc) is 2.66. The van der Waals surface area contributed by atoms with Gasteiger partial charge < -0.3 is 14.4 Å². The maximum absolute atomic E-state index is 12.6. The number of hydrogen-bond donors (Lipinski definition) is 0. The number of benzene rings is 1. The number of halogens is 1. The number of hydrogen-bond acceptors (Lipinski definition) is 5. The number of ether oxygens (including phenoxy) is 2. The molecule has 1 amide bonds. The minimum atomic E-state index is -0.326. The van der Waals surface area contributed by atoms with Crippen LogP contribution in [0.3, 0.4) is 0 Å². The Kier molecular flexibility index (Phi) is 6.30. The number of pyridine rings is 1. The maximum atomic E-state index is 12.6. The second kappa shape index (κ2) is 8.87. The van der Waals surface area contributed by atoms with E-state index in [9.17, 15) is 4.79 Å². The summed E-state index contributed by atoms with van der Waals surface area (Å²) in [6, 6.07) is 10.9. The number of amides is 1. The second-order valence-electron chi connectivity index (χ2n) is 6.29. The fourth-order valence-electron chi connectivity index (χ4n) is 2.83. The summed E-state index contributed by atoms with van der Waals surface area (Å²) in [6.45, 7) is 2.76. The molecule has 3 rings (SSSR count). The molecule has 2 aromatic rings. The van der Waals surface area contributed by atoms with Gasteiger partial charge in [-0.1, -0.05) is 23.7 Å². The Morgan fingerprint density at radius 2 is 2.08 bits per heavy atom. The van der Waals surface area contributed by atoms with Gasteiger partial charge >= 0.3 is 6.09 Å². The van der Waals surface area contributed by atoms with Crippen molar-refractivity contribution in [3.8, 4) is 5.75 Å². The van der Waals surface area contributed by atoms with E-state index >= 15 is 0 Å². The molecule has 1 aromatic heterocycles. The lowest BCUT2D eigenvalue weighted by Crippen LogP contribution is -2.56. The van der Waals surface area contributed by atoms with E-state index in [4.69, 9.17) is 21.1 Å². The maximum Gasteiger partial charge on any atom is 0.410 e. The molecule has 0 N–H and O–H groups in total. The fourth-order valence-corrected chi connectivity index (χ4v) is 2.95. The van der Waals surface area contributed by atoms with Gasteiger partial charge in [0.25, 0.3) is 0 Å². The van der Waals surface area contributed by atoms with Crippen LogP contribution in [-0.4, -0.2) is 60.2 Å². The summed E-state index contributed by atoms with van der Waals surface area (Å²) in [7, 11) is 2.04. The lowest BCUT2D eigenvalue weighted by atomic mass is 10.2. The number of aromatic nitrogens is 1. The minimum Gasteiger partial charge on any atom is -0.490 e. The first-order chi connectivity index (χ1) is 12.6. The first kappa shape index (κ1) is 18.5. The summed E-state index contributed by atoms with van der Waals surface area (Å²) < 4.78 is 11.3. The molecule has 1 atom stereocenters. The van der Waals surface area contributed by atoms with E-state index in [1.165, 1.54) is 0 Å². The number of carbonyl (C=O) groups is 1. The van der Waals surface area contributed by atoms with Crippen LogP contribution in [0, 0.1) is 0 Å². The minimum absolute atomic E-state index is 0.0772. The highest BCUT2D eigenvalue weighted by Gasteiger charge is 2.30. The summed E-state index contributed by atoms with van der Waals surface area (Å²) in [4.78, 5) is 20.5. The zero-order chi connectivity index (χ0) is 18.4. The molecule has 0 radical (unpaired) electrons. The third kappa shape index (κ3) is 5.09. The summed E-state index contributed by atoms with van der Waals surface area (Å²) in [5, 5.41) is 0.659. The second-order valence-corrected chi connectivity index (χ2v) is 6.73. The van der Waals surface area contributed by atoms with Crippen molar-refractivity contribution in [1.82, 2.24) is 14.8 Å². The van der Waals surface area contributed by atoms with E-state index in [-0.39, 0.29) is 18.7 Å². The molecule has 2 heterocycles. The predicted octanol–water partition coefficient (Wildman–Crippen LogP) is 3.07. The number of piperazine rings is 1. The molecule has 1 aromatic carbocycles. The summed E-state index contributed by atoms with van der Waals surface area (Å²) in [6.07, 6.45) is 3.03. The Morgan fingerprint density at radius 1 is 1.27 bits per heavy atom. The van der Waals surface area contributed by atoms with Gasteiger partial charge in [0.1, 0.15) is 19.0 Å². The van der Waals surface area contributed by atoms with Crippen LogP contribution in [0.2, 0.25) is 5.02 Å². The molecule has 0 bridgehead atoms. The smallest absolute Gasteiger partial charge is 0.410 e. The lowest BCUT2D eigenvalue weighted by molar-refractivity contribution is 0.0340. The number of nitrogens with zero attached hydrogens (tertiary/aromatic N) is 3. The first-order valence-electron chi connectivity index (χ1n) is 8.51. The number of likely N-dealkylation sites (N-methyl/N-ethyl adjacent to an activating group) is 1. The molecule has 6 nitrogen and oxygen atoms in total. The summed E-state index contributed by atoms with van der Waals surface area (Å²) in [5.74, 6) is 0.690. The van der Waals surface area contributed by atoms with E-state index < -0.39 is 0 Å². The molecule has 26 heavy (non-hydrogen) atoms. The molecule has 0 spiro atoms. The normalized spacial score (nSPS) is 17.8. The molecule has 1 fully saturated rings. The van der Waals surface area contributed by atoms with Crippen LogP contribution < -0.4 is 4.74 Å². The van der Waals surface area contributed by atoms with Crippen LogP contribution in [0.5, 0.6) is 5.75 Å². The Bertz CT molecular complexity index is 712. The lowest BCUT2D eigenvalue weighted by Gasteiger charge is -2.38. The van der Waals surface area contributed by atoms with Crippen LogP contribution in [0.4, 0.5) is 4.79 Å². The standard InChI is InChI=1S/C19H22ClN3O3/c1-22-9-10-23(17(12-22)14-25-18-3-2-8-21-11-18)19(24)26-13-15-4-6-16(20)7-5-15/h2-8,11,17H,9-10,12-14H2,1H3. The van der Waals surface area contributed by atoms with Gasteiger partial charge in [0, 0.05) is 30.9 Å². The van der Waals surface area contributed by atoms with Crippen LogP contribution in [0.15, 0.2) is 48.8 Å². The van der Waals surface area contributed by atoms with Crippen LogP contribution in [0.25, 0.3) is 0 Å². The van der Waals surface area contributed by atoms with Crippen molar-refractivity contribution in [3.63, 3.8) is 0 Å². The number of rotatable bonds is 5. The average molecular weight is 376 g/mol. The monoisotopic (exact) mass is 375 g/mol. The molecule has 1 unspecified atom stereocenters. The van der Waals surface area contributed by atoms with E-state index in [0.717, 1.165) is 18.7 Å². The highest BCUT2D eigenvalue weighted by Crippen LogP contribution is 2.15. The summed E-state index contributed by atoms with van der Waals surface area (Å²) >= 11 is 5.88. The molecule has 1 saturated heterocycles. The van der Waals surface area contributed by atoms with Gasteiger partial charge in [0.05, 0.1) is 12.2 Å². The number of carbonyl (C=O) groups excluding carboxylic acids is 1. The van der Waals surface area contributed by atoms with Gasteiger partial charge in [-0.2, -0.15) is 0 Å². The van der Waals surface area contributed by atoms with E-state index in [1.54, 1.807) is 29.4 Å². The molecular formula is C19H22ClN3O3. The third-order valence-corrected chi connectivity index (χ3v) is 4.52. The van der Waals surface area contributed by atoms with Crippen molar-refractivity contribution in [2.45, 2.75) is 12.6 Å². The molecule has 138 valence electrons. The largest absolute Gasteiger partial charge is 0.490 e. The van der Waals surface area contributed by atoms with Gasteiger partial charge in [0.15, 0.2) is 0 Å². The van der Waals surface area contributed by atoms with E-state index in [2.05, 4.69) is 9.88 Å². The predicted molar refractivity (Wildman–Crippen MR) is 99.4 cm³/mol. The van der Waals surface area contributed by atoms with Crippen LogP contribution in [0.1, 0.15) is 5.56 Å². The van der Waals surface area contributed by atoms with Gasteiger partial charge in [-0.15, -0.1) is 0 Å². The Labute approximate surface area is 158 Å². The summed E-state index contributed by atoms with van der Waals surface area (Å²) in [5.41, 5.74) is 0.903. The fraction of sp³-hybridized carbons (Fsp3) is 0.368. The van der Waals surface area contributed by atoms with Crippen molar-refractivity contribution < 1.29 is 14.3 Å². The highest BCUT2D eigenvalue weighted by molar-refractivity contribution is 6.30. The third-order valence-electron chi connectivity index (χ3n) is 4.27. The molecule has 1 aliphatic rings. The van der Waals surface area contributed by atoms with Gasteiger partial charge in [-0.05, 0) is 36.9 Å². The SMILES string of the molecule is CN1CCN(C(=O)OCc2ccc(Cl)cc2)C(COc2cccnc2)C1. The zero-order valence-corrected chi connectivity index (χ0v) is 15.4. The highest BCUT2D eigenvalue weighted by atomic mass is 35.5.